The highest BCUT2D eigenvalue weighted by Crippen LogP contribution is 2.19. The van der Waals surface area contributed by atoms with Gasteiger partial charge in [-0.3, -0.25) is 10.1 Å². The van der Waals surface area contributed by atoms with Crippen molar-refractivity contribution in [3.8, 4) is 0 Å². The molecule has 1 heterocycles. The smallest absolute Gasteiger partial charge is 0.340 e. The molecule has 0 aliphatic rings. The van der Waals surface area contributed by atoms with E-state index in [1.54, 1.807) is 0 Å². The van der Waals surface area contributed by atoms with Gasteiger partial charge in [0.1, 0.15) is 5.15 Å². The van der Waals surface area contributed by atoms with Crippen LogP contribution in [0.3, 0.4) is 0 Å². The van der Waals surface area contributed by atoms with E-state index in [0.29, 0.717) is 6.54 Å². The third-order valence-electron chi connectivity index (χ3n) is 2.44. The Balaban J connectivity index is 2.38. The summed E-state index contributed by atoms with van der Waals surface area (Å²) < 4.78 is 4.74. The van der Waals surface area contributed by atoms with Gasteiger partial charge in [-0.05, 0) is 12.5 Å². The van der Waals surface area contributed by atoms with E-state index in [-0.39, 0.29) is 15.7 Å². The maximum Gasteiger partial charge on any atom is 0.340 e. The summed E-state index contributed by atoms with van der Waals surface area (Å²) in [7, 11) is 0. The number of hydrogen-bond acceptors (Lipinski definition) is 5. The highest BCUT2D eigenvalue weighted by atomic mass is 35.5. The molecule has 7 nitrogen and oxygen atoms in total. The lowest BCUT2D eigenvalue weighted by molar-refractivity contribution is -0.123. The van der Waals surface area contributed by atoms with Gasteiger partial charge in [0, 0.05) is 12.7 Å². The largest absolute Gasteiger partial charge is 0.452 e. The molecule has 0 bridgehead atoms. The zero-order valence-corrected chi connectivity index (χ0v) is 13.3. The Morgan fingerprint density at radius 1 is 1.32 bits per heavy atom. The normalized spacial score (nSPS) is 9.95. The van der Waals surface area contributed by atoms with E-state index in [2.05, 4.69) is 10.3 Å². The summed E-state index contributed by atoms with van der Waals surface area (Å²) in [5.41, 5.74) is 0.0506. The van der Waals surface area contributed by atoms with Gasteiger partial charge in [-0.2, -0.15) is 0 Å². The summed E-state index contributed by atoms with van der Waals surface area (Å²) in [6.07, 6.45) is 2.90. The van der Waals surface area contributed by atoms with Crippen molar-refractivity contribution in [1.82, 2.24) is 15.6 Å². The number of esters is 1. The average Bonchev–Trinajstić information content (AvgIpc) is 2.48. The summed E-state index contributed by atoms with van der Waals surface area (Å²) in [5.74, 6) is -1.54. The number of pyridine rings is 1. The zero-order valence-electron chi connectivity index (χ0n) is 11.8. The first-order chi connectivity index (χ1) is 10.4. The molecule has 0 atom stereocenters. The van der Waals surface area contributed by atoms with E-state index in [1.807, 2.05) is 12.2 Å². The first-order valence-corrected chi connectivity index (χ1v) is 7.25. The minimum Gasteiger partial charge on any atom is -0.452 e. The standard InChI is InChI=1S/C13H15Cl2N3O4/c1-2-3-4-16-13(21)18-10(19)7-22-12(20)8-5-9(14)11(15)17-6-8/h5-6H,2-4,7H2,1H3,(H2,16,18,19,21). The lowest BCUT2D eigenvalue weighted by atomic mass is 10.3. The minimum atomic E-state index is -0.799. The van der Waals surface area contributed by atoms with E-state index in [0.717, 1.165) is 12.8 Å². The molecule has 0 fully saturated rings. The second-order valence-corrected chi connectivity index (χ2v) is 5.00. The van der Waals surface area contributed by atoms with Gasteiger partial charge in [-0.1, -0.05) is 36.5 Å². The predicted octanol–water partition coefficient (Wildman–Crippen LogP) is 2.17. The van der Waals surface area contributed by atoms with E-state index in [4.69, 9.17) is 27.9 Å². The summed E-state index contributed by atoms with van der Waals surface area (Å²) in [5, 5.41) is 4.68. The summed E-state index contributed by atoms with van der Waals surface area (Å²) in [4.78, 5) is 38.1. The number of hydrogen-bond donors (Lipinski definition) is 2. The number of carbonyl (C=O) groups is 3. The Labute approximate surface area is 137 Å². The van der Waals surface area contributed by atoms with Crippen molar-refractivity contribution in [2.24, 2.45) is 0 Å². The van der Waals surface area contributed by atoms with Crippen LogP contribution in [0.4, 0.5) is 4.79 Å². The van der Waals surface area contributed by atoms with Crippen molar-refractivity contribution in [3.05, 3.63) is 28.0 Å². The Hall–Kier alpha value is -1.86. The van der Waals surface area contributed by atoms with Crippen LogP contribution in [0.1, 0.15) is 30.1 Å². The number of halogens is 2. The number of urea groups is 1. The van der Waals surface area contributed by atoms with Gasteiger partial charge in [0.05, 0.1) is 10.6 Å². The maximum atomic E-state index is 11.7. The molecular weight excluding hydrogens is 333 g/mol. The van der Waals surface area contributed by atoms with Crippen LogP contribution in [0.15, 0.2) is 12.3 Å². The third-order valence-corrected chi connectivity index (χ3v) is 3.12. The van der Waals surface area contributed by atoms with Crippen molar-refractivity contribution in [2.75, 3.05) is 13.2 Å². The molecule has 0 spiro atoms. The van der Waals surface area contributed by atoms with Gasteiger partial charge in [0.15, 0.2) is 6.61 Å². The van der Waals surface area contributed by atoms with E-state index >= 15 is 0 Å². The van der Waals surface area contributed by atoms with Gasteiger partial charge in [0.25, 0.3) is 5.91 Å². The number of rotatable bonds is 6. The molecule has 3 amide bonds. The third kappa shape index (κ3) is 6.28. The fourth-order valence-corrected chi connectivity index (χ4v) is 1.60. The fraction of sp³-hybridized carbons (Fsp3) is 0.385. The number of nitrogens with one attached hydrogen (secondary N) is 2. The summed E-state index contributed by atoms with van der Waals surface area (Å²) in [6.45, 7) is 1.84. The molecule has 0 aliphatic carbocycles. The molecule has 0 aromatic carbocycles. The number of amides is 3. The molecule has 0 radical (unpaired) electrons. The number of unbranched alkanes of at least 4 members (excludes halogenated alkanes) is 1. The summed E-state index contributed by atoms with van der Waals surface area (Å²) >= 11 is 11.3. The van der Waals surface area contributed by atoms with Gasteiger partial charge in [-0.25, -0.2) is 14.6 Å². The Morgan fingerprint density at radius 2 is 2.05 bits per heavy atom. The van der Waals surface area contributed by atoms with Crippen LogP contribution in [-0.4, -0.2) is 36.0 Å². The molecule has 120 valence electrons. The van der Waals surface area contributed by atoms with Crippen molar-refractivity contribution in [3.63, 3.8) is 0 Å². The van der Waals surface area contributed by atoms with Gasteiger partial charge in [-0.15, -0.1) is 0 Å². The number of ether oxygens (including phenoxy) is 1. The molecule has 0 unspecified atom stereocenters. The van der Waals surface area contributed by atoms with Crippen LogP contribution < -0.4 is 10.6 Å². The second kappa shape index (κ2) is 9.22. The van der Waals surface area contributed by atoms with E-state index in [1.165, 1.54) is 12.3 Å². The number of aromatic nitrogens is 1. The van der Waals surface area contributed by atoms with E-state index in [9.17, 15) is 14.4 Å². The fourth-order valence-electron chi connectivity index (χ4n) is 1.33. The quantitative estimate of drug-likeness (QED) is 0.467. The van der Waals surface area contributed by atoms with Crippen molar-refractivity contribution in [2.45, 2.75) is 19.8 Å². The number of nitrogens with zero attached hydrogens (tertiary/aromatic N) is 1. The predicted molar refractivity (Wildman–Crippen MR) is 81.0 cm³/mol. The van der Waals surface area contributed by atoms with Crippen LogP contribution in [0.2, 0.25) is 10.2 Å². The molecule has 22 heavy (non-hydrogen) atoms. The monoisotopic (exact) mass is 347 g/mol. The van der Waals surface area contributed by atoms with Crippen LogP contribution in [-0.2, 0) is 9.53 Å². The van der Waals surface area contributed by atoms with Gasteiger partial charge in [0.2, 0.25) is 0 Å². The first kappa shape index (κ1) is 18.2. The topological polar surface area (TPSA) is 97.4 Å². The van der Waals surface area contributed by atoms with Crippen LogP contribution >= 0.6 is 23.2 Å². The number of carbonyl (C=O) groups excluding carboxylic acids is 3. The number of imide groups is 1. The molecule has 1 rings (SSSR count). The first-order valence-electron chi connectivity index (χ1n) is 6.50. The minimum absolute atomic E-state index is 0.0506. The van der Waals surface area contributed by atoms with Crippen LogP contribution in [0, 0.1) is 0 Å². The van der Waals surface area contributed by atoms with Crippen LogP contribution in [0.25, 0.3) is 0 Å². The Bertz CT molecular complexity index is 566. The highest BCUT2D eigenvalue weighted by molar-refractivity contribution is 6.41. The molecule has 0 saturated carbocycles. The molecular formula is C13H15Cl2N3O4. The highest BCUT2D eigenvalue weighted by Gasteiger charge is 2.14. The van der Waals surface area contributed by atoms with Gasteiger partial charge < -0.3 is 10.1 Å². The SMILES string of the molecule is CCCCNC(=O)NC(=O)COC(=O)c1cnc(Cl)c(Cl)c1. The Morgan fingerprint density at radius 3 is 2.68 bits per heavy atom. The molecule has 1 aromatic heterocycles. The van der Waals surface area contributed by atoms with Gasteiger partial charge >= 0.3 is 12.0 Å². The molecule has 9 heteroatoms. The molecule has 1 aromatic rings. The molecule has 2 N–H and O–H groups in total. The van der Waals surface area contributed by atoms with Crippen LogP contribution in [0.5, 0.6) is 0 Å². The van der Waals surface area contributed by atoms with E-state index < -0.39 is 24.5 Å². The Kier molecular flexibility index (Phi) is 7.62. The van der Waals surface area contributed by atoms with Crippen molar-refractivity contribution >= 4 is 41.1 Å². The maximum absolute atomic E-state index is 11.7. The lowest BCUT2D eigenvalue weighted by Gasteiger charge is -2.07. The second-order valence-electron chi connectivity index (χ2n) is 4.23. The zero-order chi connectivity index (χ0) is 16.5. The average molecular weight is 348 g/mol. The van der Waals surface area contributed by atoms with Crippen molar-refractivity contribution in [1.29, 1.82) is 0 Å². The molecule has 0 aliphatic heterocycles. The lowest BCUT2D eigenvalue weighted by Crippen LogP contribution is -2.41. The summed E-state index contributed by atoms with van der Waals surface area (Å²) in [6, 6.07) is 0.639. The van der Waals surface area contributed by atoms with Crippen molar-refractivity contribution < 1.29 is 19.1 Å². The molecule has 0 saturated heterocycles.